The van der Waals surface area contributed by atoms with Crippen LogP contribution in [0.5, 0.6) is 0 Å². The number of carbonyl (C=O) groups is 1. The number of anilines is 2. The Balaban J connectivity index is 1.96. The standard InChI is InChI=1S/C14H20N2O3/c1-2-18-14(17)10-5-6-13(12(15)8-10)16-9-11-4-3-7-19-11/h5-6,8,11,16H,2-4,7,9,15H2,1H3/t11-/m1/s1. The van der Waals surface area contributed by atoms with Gasteiger partial charge >= 0.3 is 5.97 Å². The summed E-state index contributed by atoms with van der Waals surface area (Å²) in [5.74, 6) is -0.347. The first-order chi connectivity index (χ1) is 9.20. The van der Waals surface area contributed by atoms with Crippen molar-refractivity contribution in [3.63, 3.8) is 0 Å². The van der Waals surface area contributed by atoms with Crippen LogP contribution in [0, 0.1) is 0 Å². The molecule has 1 atom stereocenters. The van der Waals surface area contributed by atoms with Crippen LogP contribution >= 0.6 is 0 Å². The molecule has 1 aliphatic rings. The first-order valence-corrected chi connectivity index (χ1v) is 6.63. The maximum Gasteiger partial charge on any atom is 0.338 e. The number of carbonyl (C=O) groups excluding carboxylic acids is 1. The quantitative estimate of drug-likeness (QED) is 0.629. The van der Waals surface area contributed by atoms with Gasteiger partial charge in [0.05, 0.1) is 29.6 Å². The molecule has 0 spiro atoms. The van der Waals surface area contributed by atoms with Crippen LogP contribution in [0.4, 0.5) is 11.4 Å². The van der Waals surface area contributed by atoms with Crippen molar-refractivity contribution in [2.45, 2.75) is 25.9 Å². The number of nitrogen functional groups attached to an aromatic ring is 1. The lowest BCUT2D eigenvalue weighted by Gasteiger charge is -2.14. The Hall–Kier alpha value is -1.75. The Morgan fingerprint density at radius 2 is 2.42 bits per heavy atom. The molecule has 5 heteroatoms. The zero-order valence-electron chi connectivity index (χ0n) is 11.1. The van der Waals surface area contributed by atoms with Gasteiger partial charge in [0.25, 0.3) is 0 Å². The first-order valence-electron chi connectivity index (χ1n) is 6.63. The minimum Gasteiger partial charge on any atom is -0.462 e. The average Bonchev–Trinajstić information content (AvgIpc) is 2.90. The van der Waals surface area contributed by atoms with Crippen molar-refractivity contribution >= 4 is 17.3 Å². The molecule has 0 unspecified atom stereocenters. The summed E-state index contributed by atoms with van der Waals surface area (Å²) in [4.78, 5) is 11.6. The van der Waals surface area contributed by atoms with Gasteiger partial charge in [-0.25, -0.2) is 4.79 Å². The highest BCUT2D eigenvalue weighted by molar-refractivity contribution is 5.91. The lowest BCUT2D eigenvalue weighted by atomic mass is 10.1. The predicted octanol–water partition coefficient (Wildman–Crippen LogP) is 2.04. The van der Waals surface area contributed by atoms with E-state index in [0.29, 0.717) is 17.9 Å². The Kier molecular flexibility index (Phi) is 4.63. The van der Waals surface area contributed by atoms with Gasteiger partial charge in [-0.15, -0.1) is 0 Å². The van der Waals surface area contributed by atoms with Gasteiger partial charge < -0.3 is 20.5 Å². The van der Waals surface area contributed by atoms with E-state index in [9.17, 15) is 4.79 Å². The molecule has 1 heterocycles. The molecule has 0 aromatic heterocycles. The summed E-state index contributed by atoms with van der Waals surface area (Å²) < 4.78 is 10.5. The summed E-state index contributed by atoms with van der Waals surface area (Å²) in [6.45, 7) is 3.71. The van der Waals surface area contributed by atoms with Gasteiger partial charge in [0.15, 0.2) is 0 Å². The molecule has 1 aromatic carbocycles. The second-order valence-corrected chi connectivity index (χ2v) is 4.54. The maximum atomic E-state index is 11.6. The van der Waals surface area contributed by atoms with Crippen molar-refractivity contribution in [3.05, 3.63) is 23.8 Å². The molecule has 1 saturated heterocycles. The lowest BCUT2D eigenvalue weighted by Crippen LogP contribution is -2.19. The number of hydrogen-bond donors (Lipinski definition) is 2. The fourth-order valence-corrected chi connectivity index (χ4v) is 2.09. The van der Waals surface area contributed by atoms with Gasteiger partial charge in [-0.1, -0.05) is 0 Å². The summed E-state index contributed by atoms with van der Waals surface area (Å²) in [6.07, 6.45) is 2.45. The second-order valence-electron chi connectivity index (χ2n) is 4.54. The van der Waals surface area contributed by atoms with E-state index in [0.717, 1.165) is 31.7 Å². The first kappa shape index (κ1) is 13.7. The Labute approximate surface area is 113 Å². The summed E-state index contributed by atoms with van der Waals surface area (Å²) in [6, 6.07) is 5.15. The van der Waals surface area contributed by atoms with E-state index in [4.69, 9.17) is 15.2 Å². The van der Waals surface area contributed by atoms with E-state index < -0.39 is 0 Å². The summed E-state index contributed by atoms with van der Waals surface area (Å²) in [5, 5.41) is 3.25. The topological polar surface area (TPSA) is 73.6 Å². The Bertz CT molecular complexity index is 442. The second kappa shape index (κ2) is 6.43. The molecule has 0 radical (unpaired) electrons. The number of hydrogen-bond acceptors (Lipinski definition) is 5. The number of rotatable bonds is 5. The molecule has 3 N–H and O–H groups in total. The van der Waals surface area contributed by atoms with Gasteiger partial charge in [0.1, 0.15) is 0 Å². The molecule has 1 aromatic rings. The minimum absolute atomic E-state index is 0.254. The van der Waals surface area contributed by atoms with Crippen molar-refractivity contribution < 1.29 is 14.3 Å². The van der Waals surface area contributed by atoms with Crippen molar-refractivity contribution in [3.8, 4) is 0 Å². The van der Waals surface area contributed by atoms with Crippen LogP contribution < -0.4 is 11.1 Å². The summed E-state index contributed by atoms with van der Waals surface area (Å²) >= 11 is 0. The zero-order valence-corrected chi connectivity index (χ0v) is 11.1. The van der Waals surface area contributed by atoms with E-state index in [2.05, 4.69) is 5.32 Å². The van der Waals surface area contributed by atoms with Crippen LogP contribution in [-0.2, 0) is 9.47 Å². The monoisotopic (exact) mass is 264 g/mol. The minimum atomic E-state index is -0.347. The molecule has 0 aliphatic carbocycles. The van der Waals surface area contributed by atoms with Crippen LogP contribution in [0.2, 0.25) is 0 Å². The van der Waals surface area contributed by atoms with Crippen LogP contribution in [0.25, 0.3) is 0 Å². The molecule has 19 heavy (non-hydrogen) atoms. The van der Waals surface area contributed by atoms with Gasteiger partial charge in [0.2, 0.25) is 0 Å². The highest BCUT2D eigenvalue weighted by Crippen LogP contribution is 2.21. The normalized spacial score (nSPS) is 18.3. The Morgan fingerprint density at radius 1 is 1.58 bits per heavy atom. The zero-order chi connectivity index (χ0) is 13.7. The maximum absolute atomic E-state index is 11.6. The van der Waals surface area contributed by atoms with Gasteiger partial charge in [-0.2, -0.15) is 0 Å². The molecule has 0 bridgehead atoms. The van der Waals surface area contributed by atoms with E-state index in [1.165, 1.54) is 0 Å². The van der Waals surface area contributed by atoms with E-state index >= 15 is 0 Å². The van der Waals surface area contributed by atoms with Crippen LogP contribution in [0.3, 0.4) is 0 Å². The third-order valence-corrected chi connectivity index (χ3v) is 3.11. The van der Waals surface area contributed by atoms with Crippen LogP contribution in [-0.4, -0.2) is 31.8 Å². The van der Waals surface area contributed by atoms with Gasteiger partial charge in [-0.3, -0.25) is 0 Å². The highest BCUT2D eigenvalue weighted by Gasteiger charge is 2.15. The number of nitrogens with one attached hydrogen (secondary N) is 1. The molecule has 2 rings (SSSR count). The predicted molar refractivity (Wildman–Crippen MR) is 74.3 cm³/mol. The fourth-order valence-electron chi connectivity index (χ4n) is 2.09. The summed E-state index contributed by atoms with van der Waals surface area (Å²) in [7, 11) is 0. The molecule has 0 saturated carbocycles. The van der Waals surface area contributed by atoms with Crippen molar-refractivity contribution in [1.29, 1.82) is 0 Å². The highest BCUT2D eigenvalue weighted by atomic mass is 16.5. The van der Waals surface area contributed by atoms with Gasteiger partial charge in [-0.05, 0) is 38.0 Å². The van der Waals surface area contributed by atoms with E-state index in [1.807, 2.05) is 0 Å². The molecule has 104 valence electrons. The molecular weight excluding hydrogens is 244 g/mol. The van der Waals surface area contributed by atoms with Crippen LogP contribution in [0.1, 0.15) is 30.1 Å². The number of esters is 1. The van der Waals surface area contributed by atoms with Crippen molar-refractivity contribution in [2.75, 3.05) is 30.8 Å². The molecule has 5 nitrogen and oxygen atoms in total. The third-order valence-electron chi connectivity index (χ3n) is 3.11. The van der Waals surface area contributed by atoms with Crippen LogP contribution in [0.15, 0.2) is 18.2 Å². The molecule has 1 aliphatic heterocycles. The number of benzene rings is 1. The molecular formula is C14H20N2O3. The summed E-state index contributed by atoms with van der Waals surface area (Å²) in [5.41, 5.74) is 7.77. The fraction of sp³-hybridized carbons (Fsp3) is 0.500. The molecule has 0 amide bonds. The Morgan fingerprint density at radius 3 is 3.05 bits per heavy atom. The average molecular weight is 264 g/mol. The van der Waals surface area contributed by atoms with E-state index in [-0.39, 0.29) is 12.1 Å². The lowest BCUT2D eigenvalue weighted by molar-refractivity contribution is 0.0526. The molecule has 1 fully saturated rings. The SMILES string of the molecule is CCOC(=O)c1ccc(NC[C@H]2CCCO2)c(N)c1. The van der Waals surface area contributed by atoms with E-state index in [1.54, 1.807) is 25.1 Å². The van der Waals surface area contributed by atoms with Crippen molar-refractivity contribution in [2.24, 2.45) is 0 Å². The van der Waals surface area contributed by atoms with Gasteiger partial charge in [0, 0.05) is 13.2 Å². The third kappa shape index (κ3) is 3.61. The smallest absolute Gasteiger partial charge is 0.338 e. The van der Waals surface area contributed by atoms with Crippen molar-refractivity contribution in [1.82, 2.24) is 0 Å². The largest absolute Gasteiger partial charge is 0.462 e. The number of nitrogens with two attached hydrogens (primary N) is 1. The number of ether oxygens (including phenoxy) is 2.